The number of urea groups is 1. The van der Waals surface area contributed by atoms with Crippen LogP contribution in [0.5, 0.6) is 0 Å². The summed E-state index contributed by atoms with van der Waals surface area (Å²) in [5, 5.41) is 23.4. The van der Waals surface area contributed by atoms with Crippen molar-refractivity contribution in [1.82, 2.24) is 15.5 Å². The molecule has 0 aliphatic heterocycles. The average molecular weight is 317 g/mol. The number of aromatic nitrogens is 2. The molecule has 0 fully saturated rings. The number of rotatable bonds is 5. The smallest absolute Gasteiger partial charge is 0.321 e. The van der Waals surface area contributed by atoms with Crippen molar-refractivity contribution in [1.29, 1.82) is 0 Å². The van der Waals surface area contributed by atoms with Crippen molar-refractivity contribution in [2.75, 3.05) is 5.32 Å². The van der Waals surface area contributed by atoms with E-state index in [0.29, 0.717) is 15.9 Å². The molecule has 2 N–H and O–H groups in total. The Morgan fingerprint density at radius 3 is 2.55 bits per heavy atom. The Bertz CT molecular complexity index is 484. The van der Waals surface area contributed by atoms with Crippen molar-refractivity contribution in [3.05, 3.63) is 0 Å². The van der Waals surface area contributed by atoms with Gasteiger partial charge in [-0.2, -0.15) is 0 Å². The Balaban J connectivity index is 2.59. The maximum atomic E-state index is 11.6. The molecule has 0 spiro atoms. The van der Waals surface area contributed by atoms with Gasteiger partial charge >= 0.3 is 6.03 Å². The van der Waals surface area contributed by atoms with Crippen molar-refractivity contribution in [2.24, 2.45) is 0 Å². The third-order valence-electron chi connectivity index (χ3n) is 1.99. The minimum absolute atomic E-state index is 0.322. The van der Waals surface area contributed by atoms with Crippen molar-refractivity contribution < 1.29 is 14.7 Å². The molecule has 0 aromatic carbocycles. The van der Waals surface area contributed by atoms with Crippen LogP contribution in [0, 0.1) is 0 Å². The SMILES string of the molecule is CC[C@H](Sc1nnc(NC(=O)NC(C)(C)C)s1)C(=O)[O-]. The number of carboxylic acids is 1. The predicted molar refractivity (Wildman–Crippen MR) is 76.8 cm³/mol. The number of carboxylic acid groups (broad SMARTS) is 1. The molecule has 0 bridgehead atoms. The molecule has 2 amide bonds. The minimum Gasteiger partial charge on any atom is -0.549 e. The van der Waals surface area contributed by atoms with Gasteiger partial charge in [0.25, 0.3) is 0 Å². The lowest BCUT2D eigenvalue weighted by molar-refractivity contribution is -0.304. The summed E-state index contributed by atoms with van der Waals surface area (Å²) in [6.45, 7) is 7.34. The van der Waals surface area contributed by atoms with Gasteiger partial charge in [0.1, 0.15) is 0 Å². The zero-order valence-electron chi connectivity index (χ0n) is 11.7. The van der Waals surface area contributed by atoms with E-state index >= 15 is 0 Å². The number of nitrogens with one attached hydrogen (secondary N) is 2. The summed E-state index contributed by atoms with van der Waals surface area (Å²) >= 11 is 2.20. The van der Waals surface area contributed by atoms with E-state index in [2.05, 4.69) is 20.8 Å². The summed E-state index contributed by atoms with van der Waals surface area (Å²) < 4.78 is 0.479. The first-order chi connectivity index (χ1) is 9.21. The number of amides is 2. The van der Waals surface area contributed by atoms with E-state index in [9.17, 15) is 14.7 Å². The number of hydrogen-bond acceptors (Lipinski definition) is 7. The van der Waals surface area contributed by atoms with E-state index in [0.717, 1.165) is 23.1 Å². The highest BCUT2D eigenvalue weighted by atomic mass is 32.2. The first-order valence-corrected chi connectivity index (χ1v) is 7.71. The highest BCUT2D eigenvalue weighted by Crippen LogP contribution is 2.30. The van der Waals surface area contributed by atoms with Gasteiger partial charge in [0, 0.05) is 5.54 Å². The molecule has 9 heteroatoms. The number of nitrogens with zero attached hydrogens (tertiary/aromatic N) is 2. The van der Waals surface area contributed by atoms with Gasteiger partial charge in [0.05, 0.1) is 11.2 Å². The number of aliphatic carboxylic acids is 1. The van der Waals surface area contributed by atoms with Gasteiger partial charge < -0.3 is 15.2 Å². The van der Waals surface area contributed by atoms with Gasteiger partial charge in [-0.1, -0.05) is 30.0 Å². The van der Waals surface area contributed by atoms with E-state index in [1.165, 1.54) is 0 Å². The minimum atomic E-state index is -1.13. The van der Waals surface area contributed by atoms with Crippen LogP contribution in [-0.4, -0.2) is 33.0 Å². The zero-order chi connectivity index (χ0) is 15.3. The summed E-state index contributed by atoms with van der Waals surface area (Å²) in [5.41, 5.74) is -0.353. The molecule has 0 saturated heterocycles. The lowest BCUT2D eigenvalue weighted by Crippen LogP contribution is -2.43. The fourth-order valence-corrected chi connectivity index (χ4v) is 3.04. The number of carbonyl (C=O) groups excluding carboxylic acids is 2. The van der Waals surface area contributed by atoms with E-state index < -0.39 is 11.2 Å². The Kier molecular flexibility index (Phi) is 5.75. The van der Waals surface area contributed by atoms with Gasteiger partial charge in [-0.05, 0) is 27.2 Å². The van der Waals surface area contributed by atoms with Crippen LogP contribution in [0.25, 0.3) is 0 Å². The van der Waals surface area contributed by atoms with Crippen LogP contribution in [0.1, 0.15) is 34.1 Å². The number of thioether (sulfide) groups is 1. The average Bonchev–Trinajstić information content (AvgIpc) is 2.70. The second-order valence-electron chi connectivity index (χ2n) is 5.04. The Labute approximate surface area is 125 Å². The second kappa shape index (κ2) is 6.89. The standard InChI is InChI=1S/C11H18N4O3S2/c1-5-6(7(16)17)19-10-15-14-9(20-10)12-8(18)13-11(2,3)4/h6H,5H2,1-4H3,(H,16,17)(H2,12,13,14,18)/p-1/t6-/m0/s1. The highest BCUT2D eigenvalue weighted by molar-refractivity contribution is 8.02. The van der Waals surface area contributed by atoms with Crippen LogP contribution in [0.4, 0.5) is 9.93 Å². The first-order valence-electron chi connectivity index (χ1n) is 6.01. The first kappa shape index (κ1) is 16.7. The second-order valence-corrected chi connectivity index (χ2v) is 7.46. The van der Waals surface area contributed by atoms with Gasteiger partial charge in [0.15, 0.2) is 4.34 Å². The van der Waals surface area contributed by atoms with Crippen molar-refractivity contribution in [2.45, 2.75) is 49.2 Å². The Hall–Kier alpha value is -1.35. The normalized spacial score (nSPS) is 12.8. The molecule has 1 heterocycles. The summed E-state index contributed by atoms with van der Waals surface area (Å²) in [6, 6.07) is -0.378. The van der Waals surface area contributed by atoms with E-state index in [1.807, 2.05) is 20.8 Å². The quantitative estimate of drug-likeness (QED) is 0.621. The maximum absolute atomic E-state index is 11.6. The lowest BCUT2D eigenvalue weighted by atomic mass is 10.1. The van der Waals surface area contributed by atoms with E-state index in [-0.39, 0.29) is 11.6 Å². The number of carbonyl (C=O) groups is 2. The highest BCUT2D eigenvalue weighted by Gasteiger charge is 2.17. The van der Waals surface area contributed by atoms with Crippen LogP contribution >= 0.6 is 23.1 Å². The lowest BCUT2D eigenvalue weighted by Gasteiger charge is -2.19. The third-order valence-corrected chi connectivity index (χ3v) is 4.26. The molecule has 0 aliphatic rings. The fraction of sp³-hybridized carbons (Fsp3) is 0.636. The van der Waals surface area contributed by atoms with Gasteiger partial charge in [-0.25, -0.2) is 4.79 Å². The van der Waals surface area contributed by atoms with Crippen LogP contribution < -0.4 is 15.7 Å². The molecule has 112 valence electrons. The molecule has 7 nitrogen and oxygen atoms in total. The van der Waals surface area contributed by atoms with Gasteiger partial charge in [-0.15, -0.1) is 10.2 Å². The number of hydrogen-bond donors (Lipinski definition) is 2. The van der Waals surface area contributed by atoms with Gasteiger partial charge in [0.2, 0.25) is 5.13 Å². The van der Waals surface area contributed by atoms with Crippen molar-refractivity contribution >= 4 is 40.2 Å². The van der Waals surface area contributed by atoms with E-state index in [4.69, 9.17) is 0 Å². The topological polar surface area (TPSA) is 107 Å². The Morgan fingerprint density at radius 2 is 2.05 bits per heavy atom. The molecule has 1 rings (SSSR count). The monoisotopic (exact) mass is 317 g/mol. The largest absolute Gasteiger partial charge is 0.549 e. The molecule has 0 saturated carbocycles. The summed E-state index contributed by atoms with van der Waals surface area (Å²) in [6.07, 6.45) is 0.430. The fourth-order valence-electron chi connectivity index (χ4n) is 1.20. The van der Waals surface area contributed by atoms with Crippen LogP contribution in [0.2, 0.25) is 0 Å². The van der Waals surface area contributed by atoms with E-state index in [1.54, 1.807) is 6.92 Å². The molecule has 0 radical (unpaired) electrons. The summed E-state index contributed by atoms with van der Waals surface area (Å²) in [7, 11) is 0. The van der Waals surface area contributed by atoms with Crippen LogP contribution in [0.15, 0.2) is 4.34 Å². The van der Waals surface area contributed by atoms with Gasteiger partial charge in [-0.3, -0.25) is 5.32 Å². The van der Waals surface area contributed by atoms with Crippen molar-refractivity contribution in [3.8, 4) is 0 Å². The van der Waals surface area contributed by atoms with Crippen LogP contribution in [0.3, 0.4) is 0 Å². The molecule has 1 aromatic heterocycles. The van der Waals surface area contributed by atoms with Crippen molar-refractivity contribution in [3.63, 3.8) is 0 Å². The summed E-state index contributed by atoms with van der Waals surface area (Å²) in [5.74, 6) is -1.13. The number of anilines is 1. The van der Waals surface area contributed by atoms with Crippen LogP contribution in [-0.2, 0) is 4.79 Å². The predicted octanol–water partition coefficient (Wildman–Crippen LogP) is 1.08. The molecule has 20 heavy (non-hydrogen) atoms. The molecule has 0 aliphatic carbocycles. The molecule has 1 aromatic rings. The Morgan fingerprint density at radius 1 is 1.40 bits per heavy atom. The molecular weight excluding hydrogens is 300 g/mol. The maximum Gasteiger partial charge on any atom is 0.321 e. The third kappa shape index (κ3) is 5.74. The molecule has 0 unspecified atom stereocenters. The zero-order valence-corrected chi connectivity index (χ0v) is 13.4. The molecule has 1 atom stereocenters. The summed E-state index contributed by atoms with van der Waals surface area (Å²) in [4.78, 5) is 22.5. The molecular formula is C11H17N4O3S2-.